The van der Waals surface area contributed by atoms with Gasteiger partial charge in [-0.2, -0.15) is 0 Å². The third-order valence-corrected chi connectivity index (χ3v) is 1.87. The number of nitrogens with two attached hydrogens (primary N) is 1. The van der Waals surface area contributed by atoms with Gasteiger partial charge >= 0.3 is 0 Å². The van der Waals surface area contributed by atoms with Gasteiger partial charge in [0.25, 0.3) is 0 Å². The number of ether oxygens (including phenoxy) is 2. The molecule has 7 heteroatoms. The molecule has 0 rings (SSSR count). The number of amides is 2. The first-order valence-electron chi connectivity index (χ1n) is 5.45. The van der Waals surface area contributed by atoms with E-state index in [1.54, 1.807) is 14.0 Å². The smallest absolute Gasteiger partial charge is 0.246 e. The van der Waals surface area contributed by atoms with Crippen molar-refractivity contribution in [3.63, 3.8) is 0 Å². The highest BCUT2D eigenvalue weighted by atomic mass is 16.5. The molecule has 0 saturated heterocycles. The number of methoxy groups -OCH3 is 1. The van der Waals surface area contributed by atoms with E-state index in [9.17, 15) is 9.59 Å². The monoisotopic (exact) mass is 247 g/mol. The lowest BCUT2D eigenvalue weighted by Crippen LogP contribution is -2.46. The van der Waals surface area contributed by atoms with Gasteiger partial charge in [0.1, 0.15) is 12.6 Å². The summed E-state index contributed by atoms with van der Waals surface area (Å²) in [6.07, 6.45) is 0. The van der Waals surface area contributed by atoms with Gasteiger partial charge in [-0.15, -0.1) is 0 Å². The summed E-state index contributed by atoms with van der Waals surface area (Å²) in [4.78, 5) is 22.7. The van der Waals surface area contributed by atoms with Crippen LogP contribution in [0.2, 0.25) is 0 Å². The molecule has 0 aliphatic carbocycles. The molecular weight excluding hydrogens is 226 g/mol. The van der Waals surface area contributed by atoms with E-state index in [-0.39, 0.29) is 18.4 Å². The molecule has 0 bridgehead atoms. The summed E-state index contributed by atoms with van der Waals surface area (Å²) in [6, 6.07) is -0.596. The summed E-state index contributed by atoms with van der Waals surface area (Å²) in [5.41, 5.74) is 5.20. The molecule has 0 spiro atoms. The Morgan fingerprint density at radius 2 is 2.06 bits per heavy atom. The molecule has 100 valence electrons. The standard InChI is InChI=1S/C10H21N3O4/c1-8(10(15)12-4-6-16-2)13-9(14)7-17-5-3-11/h8H,3-7,11H2,1-2H3,(H,12,15)(H,13,14). The zero-order valence-electron chi connectivity index (χ0n) is 10.3. The fourth-order valence-electron chi connectivity index (χ4n) is 1.03. The maximum Gasteiger partial charge on any atom is 0.246 e. The molecule has 1 unspecified atom stereocenters. The highest BCUT2D eigenvalue weighted by molar-refractivity contribution is 5.87. The predicted molar refractivity (Wildman–Crippen MR) is 62.4 cm³/mol. The number of hydrogen-bond donors (Lipinski definition) is 3. The molecule has 1 atom stereocenters. The molecule has 7 nitrogen and oxygen atoms in total. The summed E-state index contributed by atoms with van der Waals surface area (Å²) in [7, 11) is 1.55. The van der Waals surface area contributed by atoms with Gasteiger partial charge < -0.3 is 25.8 Å². The van der Waals surface area contributed by atoms with Crippen molar-refractivity contribution < 1.29 is 19.1 Å². The Morgan fingerprint density at radius 3 is 2.65 bits per heavy atom. The van der Waals surface area contributed by atoms with Crippen LogP contribution in [0, 0.1) is 0 Å². The van der Waals surface area contributed by atoms with Crippen LogP contribution >= 0.6 is 0 Å². The Labute approximate surface area is 101 Å². The Morgan fingerprint density at radius 1 is 1.35 bits per heavy atom. The van der Waals surface area contributed by atoms with Crippen LogP contribution in [-0.4, -0.2) is 57.9 Å². The van der Waals surface area contributed by atoms with Crippen LogP contribution in [0.25, 0.3) is 0 Å². The molecular formula is C10H21N3O4. The van der Waals surface area contributed by atoms with Crippen LogP contribution in [-0.2, 0) is 19.1 Å². The van der Waals surface area contributed by atoms with Gasteiger partial charge in [-0.3, -0.25) is 9.59 Å². The second-order valence-corrected chi connectivity index (χ2v) is 3.41. The van der Waals surface area contributed by atoms with E-state index >= 15 is 0 Å². The van der Waals surface area contributed by atoms with Crippen LogP contribution in [0.15, 0.2) is 0 Å². The van der Waals surface area contributed by atoms with Gasteiger partial charge in [0.2, 0.25) is 11.8 Å². The Hall–Kier alpha value is -1.18. The first-order chi connectivity index (χ1) is 8.11. The maximum atomic E-state index is 11.4. The van der Waals surface area contributed by atoms with Crippen molar-refractivity contribution in [2.24, 2.45) is 5.73 Å². The van der Waals surface area contributed by atoms with Crippen LogP contribution in [0.4, 0.5) is 0 Å². The number of carbonyl (C=O) groups is 2. The van der Waals surface area contributed by atoms with Crippen molar-refractivity contribution in [3.8, 4) is 0 Å². The summed E-state index contributed by atoms with van der Waals surface area (Å²) in [5, 5.41) is 5.12. The first kappa shape index (κ1) is 15.8. The Kier molecular flexibility index (Phi) is 9.31. The molecule has 0 heterocycles. The van der Waals surface area contributed by atoms with Crippen molar-refractivity contribution in [1.29, 1.82) is 0 Å². The minimum atomic E-state index is -0.596. The highest BCUT2D eigenvalue weighted by Crippen LogP contribution is 1.83. The van der Waals surface area contributed by atoms with Crippen LogP contribution < -0.4 is 16.4 Å². The van der Waals surface area contributed by atoms with E-state index in [2.05, 4.69) is 10.6 Å². The zero-order valence-corrected chi connectivity index (χ0v) is 10.3. The molecule has 0 aromatic heterocycles. The summed E-state index contributed by atoms with van der Waals surface area (Å²) < 4.78 is 9.72. The summed E-state index contributed by atoms with van der Waals surface area (Å²) >= 11 is 0. The average Bonchev–Trinajstić information content (AvgIpc) is 2.29. The zero-order chi connectivity index (χ0) is 13.1. The number of hydrogen-bond acceptors (Lipinski definition) is 5. The Bertz CT molecular complexity index is 236. The quantitative estimate of drug-likeness (QED) is 0.418. The molecule has 2 amide bonds. The van der Waals surface area contributed by atoms with Crippen molar-refractivity contribution in [2.45, 2.75) is 13.0 Å². The van der Waals surface area contributed by atoms with Crippen molar-refractivity contribution in [2.75, 3.05) is 40.0 Å². The van der Waals surface area contributed by atoms with E-state index in [4.69, 9.17) is 15.2 Å². The van der Waals surface area contributed by atoms with Gasteiger partial charge in [0.15, 0.2) is 0 Å². The second kappa shape index (κ2) is 10.0. The van der Waals surface area contributed by atoms with E-state index < -0.39 is 6.04 Å². The molecule has 0 fully saturated rings. The summed E-state index contributed by atoms with van der Waals surface area (Å²) in [6.45, 7) is 3.04. The number of nitrogens with one attached hydrogen (secondary N) is 2. The van der Waals surface area contributed by atoms with E-state index in [0.717, 1.165) is 0 Å². The predicted octanol–water partition coefficient (Wildman–Crippen LogP) is -1.77. The molecule has 17 heavy (non-hydrogen) atoms. The number of carbonyl (C=O) groups excluding carboxylic acids is 2. The van der Waals surface area contributed by atoms with Gasteiger partial charge in [-0.25, -0.2) is 0 Å². The lowest BCUT2D eigenvalue weighted by Gasteiger charge is -2.13. The lowest BCUT2D eigenvalue weighted by molar-refractivity contribution is -0.131. The van der Waals surface area contributed by atoms with Gasteiger partial charge in [-0.05, 0) is 6.92 Å². The van der Waals surface area contributed by atoms with Gasteiger partial charge in [0, 0.05) is 20.2 Å². The van der Waals surface area contributed by atoms with E-state index in [1.165, 1.54) is 0 Å². The first-order valence-corrected chi connectivity index (χ1v) is 5.45. The second-order valence-electron chi connectivity index (χ2n) is 3.41. The van der Waals surface area contributed by atoms with Crippen LogP contribution in [0.1, 0.15) is 6.92 Å². The molecule has 0 aromatic carbocycles. The molecule has 0 aliphatic heterocycles. The van der Waals surface area contributed by atoms with Crippen molar-refractivity contribution in [3.05, 3.63) is 0 Å². The normalized spacial score (nSPS) is 11.9. The minimum absolute atomic E-state index is 0.0904. The highest BCUT2D eigenvalue weighted by Gasteiger charge is 2.14. The number of rotatable bonds is 9. The lowest BCUT2D eigenvalue weighted by atomic mass is 10.3. The SMILES string of the molecule is COCCNC(=O)C(C)NC(=O)COCCN. The topological polar surface area (TPSA) is 103 Å². The van der Waals surface area contributed by atoms with Gasteiger partial charge in [-0.1, -0.05) is 0 Å². The minimum Gasteiger partial charge on any atom is -0.383 e. The molecule has 0 aliphatic rings. The molecule has 0 saturated carbocycles. The molecule has 0 aromatic rings. The Balaban J connectivity index is 3.71. The fraction of sp³-hybridized carbons (Fsp3) is 0.800. The third-order valence-electron chi connectivity index (χ3n) is 1.87. The summed E-state index contributed by atoms with van der Waals surface area (Å²) in [5.74, 6) is -0.595. The van der Waals surface area contributed by atoms with Crippen molar-refractivity contribution >= 4 is 11.8 Å². The van der Waals surface area contributed by atoms with E-state index in [0.29, 0.717) is 26.3 Å². The van der Waals surface area contributed by atoms with Crippen molar-refractivity contribution in [1.82, 2.24) is 10.6 Å². The molecule has 4 N–H and O–H groups in total. The van der Waals surface area contributed by atoms with Gasteiger partial charge in [0.05, 0.1) is 13.2 Å². The fourth-order valence-corrected chi connectivity index (χ4v) is 1.03. The maximum absolute atomic E-state index is 11.4. The van der Waals surface area contributed by atoms with E-state index in [1.807, 2.05) is 0 Å². The van der Waals surface area contributed by atoms with Crippen LogP contribution in [0.3, 0.4) is 0 Å². The largest absolute Gasteiger partial charge is 0.383 e. The average molecular weight is 247 g/mol. The van der Waals surface area contributed by atoms with Crippen LogP contribution in [0.5, 0.6) is 0 Å². The third kappa shape index (κ3) is 8.61. The molecule has 0 radical (unpaired) electrons.